The van der Waals surface area contributed by atoms with E-state index in [0.717, 1.165) is 22.9 Å². The third kappa shape index (κ3) is 6.44. The van der Waals surface area contributed by atoms with Crippen molar-refractivity contribution in [3.63, 3.8) is 0 Å². The number of aryl methyl sites for hydroxylation is 1. The summed E-state index contributed by atoms with van der Waals surface area (Å²) in [5.74, 6) is -0.324. The number of rotatable bonds is 8. The fourth-order valence-electron chi connectivity index (χ4n) is 2.49. The van der Waals surface area contributed by atoms with Crippen LogP contribution in [0.5, 0.6) is 0 Å². The summed E-state index contributed by atoms with van der Waals surface area (Å²) in [6, 6.07) is 15.0. The molecule has 0 spiro atoms. The van der Waals surface area contributed by atoms with Crippen LogP contribution in [0.1, 0.15) is 16.7 Å². The standard InChI is InChI=1S/C19H23ClN2O3S/c1-15-5-3-4-6-17(15)13-21-19(23)14-22(26(2,24)25)12-11-16-7-9-18(20)10-8-16/h3-10H,11-14H2,1-2H3,(H,21,23). The molecule has 0 atom stereocenters. The van der Waals surface area contributed by atoms with Gasteiger partial charge in [0.1, 0.15) is 0 Å². The molecule has 7 heteroatoms. The van der Waals surface area contributed by atoms with Crippen LogP contribution in [0, 0.1) is 6.92 Å². The molecule has 0 bridgehead atoms. The molecule has 0 unspecified atom stereocenters. The molecular formula is C19H23ClN2O3S. The van der Waals surface area contributed by atoms with Crippen LogP contribution < -0.4 is 5.32 Å². The first-order valence-corrected chi connectivity index (χ1v) is 10.5. The highest BCUT2D eigenvalue weighted by molar-refractivity contribution is 7.88. The summed E-state index contributed by atoms with van der Waals surface area (Å²) in [6.07, 6.45) is 1.62. The van der Waals surface area contributed by atoms with Gasteiger partial charge in [-0.1, -0.05) is 48.0 Å². The van der Waals surface area contributed by atoms with Gasteiger partial charge in [0.15, 0.2) is 0 Å². The molecule has 0 aliphatic rings. The minimum atomic E-state index is -3.48. The molecule has 1 amide bonds. The van der Waals surface area contributed by atoms with E-state index < -0.39 is 10.0 Å². The van der Waals surface area contributed by atoms with Crippen LogP contribution in [-0.4, -0.2) is 38.0 Å². The Hall–Kier alpha value is -1.89. The Balaban J connectivity index is 1.93. The lowest BCUT2D eigenvalue weighted by molar-refractivity contribution is -0.121. The van der Waals surface area contributed by atoms with Crippen LogP contribution in [0.3, 0.4) is 0 Å². The van der Waals surface area contributed by atoms with E-state index in [1.54, 1.807) is 12.1 Å². The molecule has 2 aromatic carbocycles. The molecule has 0 aliphatic carbocycles. The van der Waals surface area contributed by atoms with Gasteiger partial charge in [-0.3, -0.25) is 4.79 Å². The number of carbonyl (C=O) groups excluding carboxylic acids is 1. The number of halogens is 1. The van der Waals surface area contributed by atoms with Gasteiger partial charge in [-0.05, 0) is 42.2 Å². The lowest BCUT2D eigenvalue weighted by Gasteiger charge is -2.19. The van der Waals surface area contributed by atoms with Crippen LogP contribution in [0.15, 0.2) is 48.5 Å². The fraction of sp³-hybridized carbons (Fsp3) is 0.316. The minimum absolute atomic E-state index is 0.196. The molecule has 5 nitrogen and oxygen atoms in total. The van der Waals surface area contributed by atoms with E-state index in [1.807, 2.05) is 43.3 Å². The number of hydrogen-bond donors (Lipinski definition) is 1. The summed E-state index contributed by atoms with van der Waals surface area (Å²) in [4.78, 5) is 12.2. The number of carbonyl (C=O) groups is 1. The predicted molar refractivity (Wildman–Crippen MR) is 105 cm³/mol. The van der Waals surface area contributed by atoms with E-state index in [4.69, 9.17) is 11.6 Å². The van der Waals surface area contributed by atoms with Gasteiger partial charge < -0.3 is 5.32 Å². The Kier molecular flexibility index (Phi) is 7.20. The minimum Gasteiger partial charge on any atom is -0.351 e. The summed E-state index contributed by atoms with van der Waals surface area (Å²) < 4.78 is 25.2. The number of nitrogens with one attached hydrogen (secondary N) is 1. The maximum Gasteiger partial charge on any atom is 0.235 e. The van der Waals surface area contributed by atoms with E-state index >= 15 is 0 Å². The Morgan fingerprint density at radius 1 is 1.12 bits per heavy atom. The smallest absolute Gasteiger partial charge is 0.235 e. The molecular weight excluding hydrogens is 372 g/mol. The monoisotopic (exact) mass is 394 g/mol. The van der Waals surface area contributed by atoms with E-state index in [0.29, 0.717) is 18.0 Å². The fourth-order valence-corrected chi connectivity index (χ4v) is 3.39. The van der Waals surface area contributed by atoms with Crippen molar-refractivity contribution >= 4 is 27.5 Å². The Bertz CT molecular complexity index is 851. The maximum atomic E-state index is 12.2. The van der Waals surface area contributed by atoms with Gasteiger partial charge in [0, 0.05) is 18.1 Å². The second-order valence-electron chi connectivity index (χ2n) is 6.18. The van der Waals surface area contributed by atoms with E-state index in [1.165, 1.54) is 4.31 Å². The molecule has 0 saturated carbocycles. The van der Waals surface area contributed by atoms with Gasteiger partial charge in [-0.15, -0.1) is 0 Å². The van der Waals surface area contributed by atoms with E-state index in [9.17, 15) is 13.2 Å². The summed E-state index contributed by atoms with van der Waals surface area (Å²) in [6.45, 7) is 2.38. The van der Waals surface area contributed by atoms with Crippen molar-refractivity contribution in [2.45, 2.75) is 19.9 Å². The molecule has 0 saturated heterocycles. The second kappa shape index (κ2) is 9.16. The van der Waals surface area contributed by atoms with Crippen LogP contribution in [-0.2, 0) is 27.8 Å². The van der Waals surface area contributed by atoms with Gasteiger partial charge in [0.25, 0.3) is 0 Å². The third-order valence-corrected chi connectivity index (χ3v) is 5.59. The topological polar surface area (TPSA) is 66.5 Å². The third-order valence-electron chi connectivity index (χ3n) is 4.09. The quantitative estimate of drug-likeness (QED) is 0.748. The van der Waals surface area contributed by atoms with Crippen LogP contribution in [0.2, 0.25) is 5.02 Å². The van der Waals surface area contributed by atoms with Gasteiger partial charge >= 0.3 is 0 Å². The first-order valence-electron chi connectivity index (χ1n) is 8.26. The molecule has 1 N–H and O–H groups in total. The molecule has 140 valence electrons. The van der Waals surface area contributed by atoms with Crippen molar-refractivity contribution in [3.05, 3.63) is 70.2 Å². The zero-order valence-corrected chi connectivity index (χ0v) is 16.5. The average molecular weight is 395 g/mol. The highest BCUT2D eigenvalue weighted by atomic mass is 35.5. The van der Waals surface area contributed by atoms with Crippen LogP contribution in [0.4, 0.5) is 0 Å². The Morgan fingerprint density at radius 3 is 2.38 bits per heavy atom. The van der Waals surface area contributed by atoms with Crippen LogP contribution in [0.25, 0.3) is 0 Å². The molecule has 26 heavy (non-hydrogen) atoms. The molecule has 0 aliphatic heterocycles. The summed E-state index contributed by atoms with van der Waals surface area (Å²) >= 11 is 5.85. The highest BCUT2D eigenvalue weighted by Crippen LogP contribution is 2.11. The Labute approximate surface area is 160 Å². The van der Waals surface area contributed by atoms with E-state index in [-0.39, 0.29) is 19.0 Å². The molecule has 2 aromatic rings. The van der Waals surface area contributed by atoms with Gasteiger partial charge in [0.2, 0.25) is 15.9 Å². The predicted octanol–water partition coefficient (Wildman–Crippen LogP) is 2.77. The zero-order chi connectivity index (χ0) is 19.2. The Morgan fingerprint density at radius 2 is 1.77 bits per heavy atom. The van der Waals surface area contributed by atoms with Crippen molar-refractivity contribution in [3.8, 4) is 0 Å². The summed E-state index contributed by atoms with van der Waals surface area (Å²) in [5.41, 5.74) is 3.05. The van der Waals surface area contributed by atoms with Crippen molar-refractivity contribution < 1.29 is 13.2 Å². The maximum absolute atomic E-state index is 12.2. The molecule has 2 rings (SSSR count). The lowest BCUT2D eigenvalue weighted by Crippen LogP contribution is -2.41. The first-order chi connectivity index (χ1) is 12.3. The number of hydrogen-bond acceptors (Lipinski definition) is 3. The van der Waals surface area contributed by atoms with Gasteiger partial charge in [-0.2, -0.15) is 4.31 Å². The number of amides is 1. The summed E-state index contributed by atoms with van der Waals surface area (Å²) in [7, 11) is -3.48. The van der Waals surface area contributed by atoms with Gasteiger partial charge in [0.05, 0.1) is 12.8 Å². The van der Waals surface area contributed by atoms with E-state index in [2.05, 4.69) is 5.32 Å². The molecule has 0 aromatic heterocycles. The highest BCUT2D eigenvalue weighted by Gasteiger charge is 2.20. The lowest BCUT2D eigenvalue weighted by atomic mass is 10.1. The molecule has 0 radical (unpaired) electrons. The van der Waals surface area contributed by atoms with Crippen molar-refractivity contribution in [2.75, 3.05) is 19.3 Å². The largest absolute Gasteiger partial charge is 0.351 e. The summed E-state index contributed by atoms with van der Waals surface area (Å²) in [5, 5.41) is 3.41. The zero-order valence-electron chi connectivity index (χ0n) is 14.9. The molecule has 0 fully saturated rings. The van der Waals surface area contributed by atoms with Crippen molar-refractivity contribution in [1.82, 2.24) is 9.62 Å². The van der Waals surface area contributed by atoms with Crippen molar-refractivity contribution in [2.24, 2.45) is 0 Å². The SMILES string of the molecule is Cc1ccccc1CNC(=O)CN(CCc1ccc(Cl)cc1)S(C)(=O)=O. The molecule has 0 heterocycles. The second-order valence-corrected chi connectivity index (χ2v) is 8.60. The number of nitrogens with zero attached hydrogens (tertiary/aromatic N) is 1. The van der Waals surface area contributed by atoms with Crippen LogP contribution >= 0.6 is 11.6 Å². The number of benzene rings is 2. The van der Waals surface area contributed by atoms with Gasteiger partial charge in [-0.25, -0.2) is 8.42 Å². The number of sulfonamides is 1. The normalized spacial score (nSPS) is 11.5. The van der Waals surface area contributed by atoms with Crippen molar-refractivity contribution in [1.29, 1.82) is 0 Å². The first kappa shape index (κ1) is 20.4. The average Bonchev–Trinajstić information content (AvgIpc) is 2.58.